The highest BCUT2D eigenvalue weighted by molar-refractivity contribution is 6.05. The summed E-state index contributed by atoms with van der Waals surface area (Å²) in [6, 6.07) is 27.1. The Morgan fingerprint density at radius 1 is 0.906 bits per heavy atom. The Hall–Kier alpha value is -3.99. The third-order valence-electron chi connectivity index (χ3n) is 5.16. The van der Waals surface area contributed by atoms with E-state index in [0.717, 1.165) is 23.4 Å². The van der Waals surface area contributed by atoms with Crippen molar-refractivity contribution in [3.05, 3.63) is 113 Å². The Labute approximate surface area is 187 Å². The third kappa shape index (κ3) is 5.19. The van der Waals surface area contributed by atoms with Gasteiger partial charge in [0.2, 0.25) is 0 Å². The quantitative estimate of drug-likeness (QED) is 0.374. The molecular weight excluding hydrogens is 402 g/mol. The number of ether oxygens (including phenoxy) is 2. The van der Waals surface area contributed by atoms with Gasteiger partial charge >= 0.3 is 0 Å². The van der Waals surface area contributed by atoms with Crippen molar-refractivity contribution in [1.82, 2.24) is 0 Å². The number of para-hydroxylation sites is 1. The molecule has 0 unspecified atom stereocenters. The van der Waals surface area contributed by atoms with Gasteiger partial charge in [0.25, 0.3) is 5.91 Å². The van der Waals surface area contributed by atoms with E-state index in [4.69, 9.17) is 13.9 Å². The minimum Gasteiger partial charge on any atom is -0.497 e. The predicted octanol–water partition coefficient (Wildman–Crippen LogP) is 6.02. The predicted molar refractivity (Wildman–Crippen MR) is 124 cm³/mol. The molecule has 32 heavy (non-hydrogen) atoms. The van der Waals surface area contributed by atoms with Crippen LogP contribution < -0.4 is 14.8 Å². The summed E-state index contributed by atoms with van der Waals surface area (Å²) in [5, 5.41) is 3.03. The summed E-state index contributed by atoms with van der Waals surface area (Å²) in [4.78, 5) is 13.0. The van der Waals surface area contributed by atoms with E-state index < -0.39 is 0 Å². The van der Waals surface area contributed by atoms with Gasteiger partial charge in [-0.2, -0.15) is 0 Å². The van der Waals surface area contributed by atoms with Crippen molar-refractivity contribution in [1.29, 1.82) is 0 Å². The van der Waals surface area contributed by atoms with Gasteiger partial charge in [0.05, 0.1) is 12.7 Å². The van der Waals surface area contributed by atoms with E-state index in [-0.39, 0.29) is 12.5 Å². The summed E-state index contributed by atoms with van der Waals surface area (Å²) in [6.45, 7) is 2.01. The largest absolute Gasteiger partial charge is 0.497 e. The third-order valence-corrected chi connectivity index (χ3v) is 5.16. The number of aryl methyl sites for hydroxylation is 1. The number of hydrogen-bond donors (Lipinski definition) is 1. The number of furan rings is 1. The summed E-state index contributed by atoms with van der Waals surface area (Å²) >= 11 is 0. The topological polar surface area (TPSA) is 60.7 Å². The van der Waals surface area contributed by atoms with Crippen molar-refractivity contribution in [2.24, 2.45) is 0 Å². The van der Waals surface area contributed by atoms with Crippen LogP contribution in [0, 0.1) is 6.92 Å². The molecule has 4 rings (SSSR count). The highest BCUT2D eigenvalue weighted by Crippen LogP contribution is 2.23. The Bertz CT molecular complexity index is 1180. The average molecular weight is 428 g/mol. The molecule has 4 aromatic rings. The highest BCUT2D eigenvalue weighted by Gasteiger charge is 2.17. The molecule has 0 aliphatic rings. The molecule has 1 aromatic heterocycles. The van der Waals surface area contributed by atoms with Crippen LogP contribution >= 0.6 is 0 Å². The number of anilines is 1. The van der Waals surface area contributed by atoms with E-state index in [9.17, 15) is 4.79 Å². The molecule has 1 heterocycles. The zero-order valence-electron chi connectivity index (χ0n) is 18.1. The van der Waals surface area contributed by atoms with E-state index in [1.54, 1.807) is 20.1 Å². The normalized spacial score (nSPS) is 10.6. The van der Waals surface area contributed by atoms with Crippen molar-refractivity contribution < 1.29 is 18.7 Å². The zero-order valence-corrected chi connectivity index (χ0v) is 18.1. The van der Waals surface area contributed by atoms with Crippen molar-refractivity contribution in [2.75, 3.05) is 12.4 Å². The van der Waals surface area contributed by atoms with Crippen molar-refractivity contribution in [3.63, 3.8) is 0 Å². The molecule has 0 saturated heterocycles. The highest BCUT2D eigenvalue weighted by atomic mass is 16.5. The van der Waals surface area contributed by atoms with Gasteiger partial charge in [-0.05, 0) is 60.9 Å². The Morgan fingerprint density at radius 2 is 1.59 bits per heavy atom. The van der Waals surface area contributed by atoms with Crippen LogP contribution in [0.3, 0.4) is 0 Å². The summed E-state index contributed by atoms with van der Waals surface area (Å²) in [6.07, 6.45) is 0.739. The van der Waals surface area contributed by atoms with Crippen molar-refractivity contribution in [3.8, 4) is 11.5 Å². The van der Waals surface area contributed by atoms with Gasteiger partial charge in [-0.15, -0.1) is 0 Å². The van der Waals surface area contributed by atoms with Crippen LogP contribution in [0.2, 0.25) is 0 Å². The van der Waals surface area contributed by atoms with Crippen LogP contribution in [-0.4, -0.2) is 13.0 Å². The maximum atomic E-state index is 13.0. The summed E-state index contributed by atoms with van der Waals surface area (Å²) < 4.78 is 16.7. The lowest BCUT2D eigenvalue weighted by molar-refractivity contribution is 0.102. The number of nitrogens with one attached hydrogen (secondary N) is 1. The molecule has 5 nitrogen and oxygen atoms in total. The lowest BCUT2D eigenvalue weighted by Crippen LogP contribution is -2.13. The van der Waals surface area contributed by atoms with Gasteiger partial charge in [0.1, 0.15) is 29.6 Å². The zero-order chi connectivity index (χ0) is 22.3. The van der Waals surface area contributed by atoms with Crippen LogP contribution in [0.5, 0.6) is 11.5 Å². The fourth-order valence-electron chi connectivity index (χ4n) is 3.47. The molecule has 1 N–H and O–H groups in total. The lowest BCUT2D eigenvalue weighted by atomic mass is 10.0. The molecule has 0 saturated carbocycles. The van der Waals surface area contributed by atoms with Crippen molar-refractivity contribution in [2.45, 2.75) is 20.0 Å². The van der Waals surface area contributed by atoms with E-state index in [1.807, 2.05) is 66.7 Å². The van der Waals surface area contributed by atoms with Crippen LogP contribution in [-0.2, 0) is 13.0 Å². The van der Waals surface area contributed by atoms with E-state index in [1.165, 1.54) is 5.56 Å². The Kier molecular flexibility index (Phi) is 6.56. The minimum absolute atomic E-state index is 0.206. The summed E-state index contributed by atoms with van der Waals surface area (Å²) in [5.41, 5.74) is 3.52. The molecular formula is C27H25NO4. The SMILES string of the molecule is COc1ccc(OCc2cc(C(=O)Nc3ccccc3Cc3ccccc3)c(C)o2)cc1. The van der Waals surface area contributed by atoms with Gasteiger partial charge in [0, 0.05) is 5.69 Å². The molecule has 3 aromatic carbocycles. The van der Waals surface area contributed by atoms with Crippen LogP contribution in [0.1, 0.15) is 33.0 Å². The van der Waals surface area contributed by atoms with Crippen molar-refractivity contribution >= 4 is 11.6 Å². The van der Waals surface area contributed by atoms with E-state index in [0.29, 0.717) is 22.8 Å². The molecule has 0 fully saturated rings. The fourth-order valence-corrected chi connectivity index (χ4v) is 3.47. The van der Waals surface area contributed by atoms with Gasteiger partial charge < -0.3 is 19.2 Å². The number of rotatable bonds is 8. The van der Waals surface area contributed by atoms with Crippen LogP contribution in [0.15, 0.2) is 89.3 Å². The molecule has 0 radical (unpaired) electrons. The molecule has 0 spiro atoms. The second kappa shape index (κ2) is 9.88. The van der Waals surface area contributed by atoms with Gasteiger partial charge in [0.15, 0.2) is 0 Å². The minimum atomic E-state index is -0.206. The lowest BCUT2D eigenvalue weighted by Gasteiger charge is -2.11. The number of methoxy groups -OCH3 is 1. The maximum absolute atomic E-state index is 13.0. The molecule has 0 aliphatic carbocycles. The molecule has 0 bridgehead atoms. The summed E-state index contributed by atoms with van der Waals surface area (Å²) in [7, 11) is 1.62. The van der Waals surface area contributed by atoms with Crippen LogP contribution in [0.4, 0.5) is 5.69 Å². The summed E-state index contributed by atoms with van der Waals surface area (Å²) in [5.74, 6) is 2.39. The number of amides is 1. The van der Waals surface area contributed by atoms with E-state index in [2.05, 4.69) is 17.4 Å². The average Bonchev–Trinajstić information content (AvgIpc) is 3.20. The molecule has 0 aliphatic heterocycles. The van der Waals surface area contributed by atoms with Gasteiger partial charge in [-0.1, -0.05) is 48.5 Å². The standard InChI is InChI=1S/C27H25NO4/c1-19-25(17-24(32-19)18-31-23-14-12-22(30-2)13-15-23)27(29)28-26-11-7-6-10-21(26)16-20-8-4-3-5-9-20/h3-15,17H,16,18H2,1-2H3,(H,28,29). The number of benzene rings is 3. The first kappa shape index (κ1) is 21.2. The molecule has 1 amide bonds. The van der Waals surface area contributed by atoms with Crippen LogP contribution in [0.25, 0.3) is 0 Å². The monoisotopic (exact) mass is 427 g/mol. The first-order chi connectivity index (χ1) is 15.6. The second-order valence-corrected chi connectivity index (χ2v) is 7.42. The fraction of sp³-hybridized carbons (Fsp3) is 0.148. The first-order valence-corrected chi connectivity index (χ1v) is 10.4. The Morgan fingerprint density at radius 3 is 2.34 bits per heavy atom. The van der Waals surface area contributed by atoms with Gasteiger partial charge in [-0.3, -0.25) is 4.79 Å². The van der Waals surface area contributed by atoms with E-state index >= 15 is 0 Å². The Balaban J connectivity index is 1.43. The number of hydrogen-bond acceptors (Lipinski definition) is 4. The maximum Gasteiger partial charge on any atom is 0.259 e. The molecule has 5 heteroatoms. The molecule has 162 valence electrons. The number of carbonyl (C=O) groups is 1. The number of carbonyl (C=O) groups excluding carboxylic acids is 1. The van der Waals surface area contributed by atoms with Gasteiger partial charge in [-0.25, -0.2) is 0 Å². The smallest absolute Gasteiger partial charge is 0.259 e. The molecule has 0 atom stereocenters. The second-order valence-electron chi connectivity index (χ2n) is 7.42. The first-order valence-electron chi connectivity index (χ1n) is 10.4.